The van der Waals surface area contributed by atoms with Gasteiger partial charge in [0.15, 0.2) is 0 Å². The first-order valence-corrected chi connectivity index (χ1v) is 7.80. The number of nitro groups is 1. The number of carbonyl (C=O) groups is 1. The first-order chi connectivity index (χ1) is 9.63. The number of nitro benzene ring substituents is 1. The summed E-state index contributed by atoms with van der Waals surface area (Å²) in [5.41, 5.74) is 0.807. The Hall–Kier alpha value is -1.56. The molecule has 0 heterocycles. The van der Waals surface area contributed by atoms with E-state index in [4.69, 9.17) is 0 Å². The molecule has 0 bridgehead atoms. The Morgan fingerprint density at radius 1 is 1.50 bits per heavy atom. The van der Waals surface area contributed by atoms with Crippen LogP contribution < -0.4 is 5.32 Å². The Bertz CT molecular complexity index is 507. The van der Waals surface area contributed by atoms with Crippen molar-refractivity contribution in [2.45, 2.75) is 37.5 Å². The van der Waals surface area contributed by atoms with Gasteiger partial charge in [0.05, 0.1) is 4.92 Å². The predicted octanol–water partition coefficient (Wildman–Crippen LogP) is 3.49. The van der Waals surface area contributed by atoms with Crippen molar-refractivity contribution in [2.75, 3.05) is 11.1 Å². The molecule has 1 fully saturated rings. The molecule has 2 atom stereocenters. The van der Waals surface area contributed by atoms with Crippen LogP contribution in [0.1, 0.15) is 36.5 Å². The molecule has 0 aliphatic heterocycles. The minimum atomic E-state index is -0.442. The number of nitrogens with one attached hydrogen (secondary N) is 1. The van der Waals surface area contributed by atoms with Gasteiger partial charge >= 0.3 is 0 Å². The van der Waals surface area contributed by atoms with Crippen LogP contribution in [0.25, 0.3) is 0 Å². The van der Waals surface area contributed by atoms with Crippen LogP contribution in [-0.2, 0) is 0 Å². The molecule has 1 aromatic rings. The smallest absolute Gasteiger partial charge is 0.293 e. The fourth-order valence-electron chi connectivity index (χ4n) is 2.57. The number of benzene rings is 1. The van der Waals surface area contributed by atoms with Crippen molar-refractivity contribution in [3.8, 4) is 0 Å². The highest BCUT2D eigenvalue weighted by Gasteiger charge is 2.26. The lowest BCUT2D eigenvalue weighted by Crippen LogP contribution is -2.17. The lowest BCUT2D eigenvalue weighted by molar-refractivity contribution is -0.384. The summed E-state index contributed by atoms with van der Waals surface area (Å²) < 4.78 is 0. The average molecular weight is 294 g/mol. The molecule has 108 valence electrons. The summed E-state index contributed by atoms with van der Waals surface area (Å²) in [6.45, 7) is 2.15. The average Bonchev–Trinajstić information content (AvgIpc) is 2.87. The first kappa shape index (κ1) is 14.8. The summed E-state index contributed by atoms with van der Waals surface area (Å²) in [5.74, 6) is 1.10. The van der Waals surface area contributed by atoms with Gasteiger partial charge in [0.1, 0.15) is 12.0 Å². The molecule has 0 radical (unpaired) electrons. The molecular formula is C14H18N2O3S. The number of aldehydes is 1. The van der Waals surface area contributed by atoms with Crippen molar-refractivity contribution in [3.63, 3.8) is 0 Å². The Labute approximate surface area is 122 Å². The topological polar surface area (TPSA) is 72.2 Å². The van der Waals surface area contributed by atoms with E-state index in [1.165, 1.54) is 6.07 Å². The number of hydrogen-bond acceptors (Lipinski definition) is 5. The van der Waals surface area contributed by atoms with Gasteiger partial charge < -0.3 is 5.32 Å². The van der Waals surface area contributed by atoms with Gasteiger partial charge in [-0.2, -0.15) is 11.8 Å². The Balaban J connectivity index is 2.09. The van der Waals surface area contributed by atoms with E-state index >= 15 is 0 Å². The predicted molar refractivity (Wildman–Crippen MR) is 81.7 cm³/mol. The molecule has 2 rings (SSSR count). The van der Waals surface area contributed by atoms with Gasteiger partial charge in [-0.1, -0.05) is 6.92 Å². The van der Waals surface area contributed by atoms with Gasteiger partial charge in [-0.15, -0.1) is 0 Å². The fraction of sp³-hybridized carbons (Fsp3) is 0.500. The zero-order valence-corrected chi connectivity index (χ0v) is 12.2. The Morgan fingerprint density at radius 3 is 2.95 bits per heavy atom. The summed E-state index contributed by atoms with van der Waals surface area (Å²) in [7, 11) is 0. The van der Waals surface area contributed by atoms with Crippen molar-refractivity contribution in [1.82, 2.24) is 0 Å². The summed E-state index contributed by atoms with van der Waals surface area (Å²) in [6, 6.07) is 4.83. The van der Waals surface area contributed by atoms with Gasteiger partial charge in [-0.25, -0.2) is 0 Å². The lowest BCUT2D eigenvalue weighted by atomic mass is 10.1. The largest absolute Gasteiger partial charge is 0.377 e. The highest BCUT2D eigenvalue weighted by Crippen LogP contribution is 2.33. The van der Waals surface area contributed by atoms with E-state index < -0.39 is 4.92 Å². The van der Waals surface area contributed by atoms with Crippen LogP contribution >= 0.6 is 11.8 Å². The number of thioether (sulfide) groups is 1. The molecule has 0 saturated heterocycles. The zero-order valence-electron chi connectivity index (χ0n) is 11.4. The highest BCUT2D eigenvalue weighted by atomic mass is 32.2. The van der Waals surface area contributed by atoms with Gasteiger partial charge in [0.25, 0.3) is 5.69 Å². The number of rotatable bonds is 6. The normalized spacial score (nSPS) is 21.6. The Kier molecular flexibility index (Phi) is 5.00. The van der Waals surface area contributed by atoms with E-state index in [1.807, 2.05) is 11.8 Å². The maximum Gasteiger partial charge on any atom is 0.293 e. The second-order valence-electron chi connectivity index (χ2n) is 4.88. The van der Waals surface area contributed by atoms with Crippen LogP contribution in [0.2, 0.25) is 0 Å². The molecule has 6 heteroatoms. The van der Waals surface area contributed by atoms with E-state index in [0.717, 1.165) is 25.0 Å². The van der Waals surface area contributed by atoms with Crippen LogP contribution in [0.3, 0.4) is 0 Å². The SMILES string of the molecule is CCSC1CCC(Nc2ccc(C=O)cc2[N+](=O)[O-])C1. The summed E-state index contributed by atoms with van der Waals surface area (Å²) in [6.07, 6.45) is 3.84. The van der Waals surface area contributed by atoms with Crippen molar-refractivity contribution in [1.29, 1.82) is 0 Å². The molecule has 1 aliphatic rings. The molecule has 0 aromatic heterocycles. The summed E-state index contributed by atoms with van der Waals surface area (Å²) in [5, 5.41) is 15.0. The van der Waals surface area contributed by atoms with Gasteiger partial charge in [-0.3, -0.25) is 14.9 Å². The molecule has 1 aromatic carbocycles. The molecule has 2 unspecified atom stereocenters. The minimum absolute atomic E-state index is 0.0267. The van der Waals surface area contributed by atoms with Gasteiger partial charge in [-0.05, 0) is 37.1 Å². The third kappa shape index (κ3) is 3.50. The van der Waals surface area contributed by atoms with Crippen LogP contribution in [0, 0.1) is 10.1 Å². The maximum absolute atomic E-state index is 11.1. The highest BCUT2D eigenvalue weighted by molar-refractivity contribution is 7.99. The number of carbonyl (C=O) groups excluding carboxylic acids is 1. The molecule has 0 spiro atoms. The summed E-state index contributed by atoms with van der Waals surface area (Å²) >= 11 is 1.95. The van der Waals surface area contributed by atoms with E-state index in [9.17, 15) is 14.9 Å². The molecule has 1 saturated carbocycles. The molecule has 20 heavy (non-hydrogen) atoms. The summed E-state index contributed by atoms with van der Waals surface area (Å²) in [4.78, 5) is 21.3. The van der Waals surface area contributed by atoms with Crippen LogP contribution in [0.4, 0.5) is 11.4 Å². The fourth-order valence-corrected chi connectivity index (χ4v) is 3.72. The second-order valence-corrected chi connectivity index (χ2v) is 6.46. The zero-order chi connectivity index (χ0) is 14.5. The quantitative estimate of drug-likeness (QED) is 0.494. The van der Waals surface area contributed by atoms with Gasteiger partial charge in [0.2, 0.25) is 0 Å². The van der Waals surface area contributed by atoms with E-state index in [2.05, 4.69) is 12.2 Å². The van der Waals surface area contributed by atoms with Crippen LogP contribution in [-0.4, -0.2) is 28.3 Å². The number of hydrogen-bond donors (Lipinski definition) is 1. The monoisotopic (exact) mass is 294 g/mol. The number of anilines is 1. The molecule has 0 amide bonds. The van der Waals surface area contributed by atoms with Crippen molar-refractivity contribution in [3.05, 3.63) is 33.9 Å². The van der Waals surface area contributed by atoms with Crippen molar-refractivity contribution in [2.24, 2.45) is 0 Å². The lowest BCUT2D eigenvalue weighted by Gasteiger charge is -2.14. The first-order valence-electron chi connectivity index (χ1n) is 6.75. The molecule has 1 N–H and O–H groups in total. The van der Waals surface area contributed by atoms with E-state index in [-0.39, 0.29) is 11.7 Å². The van der Waals surface area contributed by atoms with E-state index in [0.29, 0.717) is 22.8 Å². The third-order valence-electron chi connectivity index (χ3n) is 3.50. The Morgan fingerprint density at radius 2 is 2.30 bits per heavy atom. The van der Waals surface area contributed by atoms with Crippen molar-refractivity contribution < 1.29 is 9.72 Å². The minimum Gasteiger partial charge on any atom is -0.377 e. The van der Waals surface area contributed by atoms with Gasteiger partial charge in [0, 0.05) is 22.9 Å². The molecular weight excluding hydrogens is 276 g/mol. The molecule has 5 nitrogen and oxygen atoms in total. The third-order valence-corrected chi connectivity index (χ3v) is 4.73. The number of nitrogens with zero attached hydrogens (tertiary/aromatic N) is 1. The van der Waals surface area contributed by atoms with Crippen LogP contribution in [0.15, 0.2) is 18.2 Å². The maximum atomic E-state index is 11.1. The van der Waals surface area contributed by atoms with Crippen molar-refractivity contribution >= 4 is 29.4 Å². The molecule has 1 aliphatic carbocycles. The standard InChI is InChI=1S/C14H18N2O3S/c1-2-20-12-5-4-11(8-12)15-13-6-3-10(9-17)7-14(13)16(18)19/h3,6-7,9,11-12,15H,2,4-5,8H2,1H3. The van der Waals surface area contributed by atoms with Crippen LogP contribution in [0.5, 0.6) is 0 Å². The second kappa shape index (κ2) is 6.74. The van der Waals surface area contributed by atoms with E-state index in [1.54, 1.807) is 12.1 Å².